The number of nitrogens with zero attached hydrogens (tertiary/aromatic N) is 4. The highest BCUT2D eigenvalue weighted by Crippen LogP contribution is 2.34. The highest BCUT2D eigenvalue weighted by molar-refractivity contribution is 7.90. The summed E-state index contributed by atoms with van der Waals surface area (Å²) in [6.07, 6.45) is 1.79. The predicted molar refractivity (Wildman–Crippen MR) is 198 cm³/mol. The van der Waals surface area contributed by atoms with E-state index in [2.05, 4.69) is 29.8 Å². The molecule has 1 amide bonds. The molecule has 0 bridgehead atoms. The molecule has 50 heavy (non-hydrogen) atoms. The summed E-state index contributed by atoms with van der Waals surface area (Å²) >= 11 is 0. The van der Waals surface area contributed by atoms with E-state index < -0.39 is 9.84 Å². The van der Waals surface area contributed by atoms with Crippen LogP contribution in [0.1, 0.15) is 31.5 Å². The molecular formula is C40H38N5O4S+. The lowest BCUT2D eigenvalue weighted by Gasteiger charge is -2.13. The molecule has 0 spiro atoms. The summed E-state index contributed by atoms with van der Waals surface area (Å²) < 4.78 is 34.6. The number of sulfone groups is 1. The van der Waals surface area contributed by atoms with Gasteiger partial charge in [-0.15, -0.1) is 0 Å². The summed E-state index contributed by atoms with van der Waals surface area (Å²) in [5.74, 6) is 0.524. The zero-order valence-electron chi connectivity index (χ0n) is 28.5. The minimum Gasteiger partial charge on any atom is -0.452 e. The Morgan fingerprint density at radius 3 is 2.30 bits per heavy atom. The van der Waals surface area contributed by atoms with Crippen LogP contribution in [0.25, 0.3) is 50.3 Å². The van der Waals surface area contributed by atoms with Crippen LogP contribution in [-0.2, 0) is 21.1 Å². The number of fused-ring (bicyclic) bond motifs is 4. The van der Waals surface area contributed by atoms with Gasteiger partial charge in [-0.2, -0.15) is 5.10 Å². The highest BCUT2D eigenvalue weighted by Gasteiger charge is 2.18. The molecule has 1 N–H and O–H groups in total. The summed E-state index contributed by atoms with van der Waals surface area (Å²) in [5.41, 5.74) is 7.15. The summed E-state index contributed by atoms with van der Waals surface area (Å²) in [7, 11) is -3.34. The molecule has 7 rings (SSSR count). The maximum Gasteiger partial charge on any atom is 0.224 e. The number of aryl methyl sites for hydroxylation is 2. The van der Waals surface area contributed by atoms with Gasteiger partial charge in [-0.1, -0.05) is 54.1 Å². The molecule has 10 heteroatoms. The van der Waals surface area contributed by atoms with Crippen LogP contribution in [0.2, 0.25) is 0 Å². The van der Waals surface area contributed by atoms with Crippen molar-refractivity contribution in [2.24, 2.45) is 0 Å². The fourth-order valence-corrected chi connectivity index (χ4v) is 6.93. The summed E-state index contributed by atoms with van der Waals surface area (Å²) in [6.45, 7) is 8.05. The monoisotopic (exact) mass is 684 g/mol. The largest absolute Gasteiger partial charge is 0.452 e. The lowest BCUT2D eigenvalue weighted by atomic mass is 10.1. The smallest absolute Gasteiger partial charge is 0.224 e. The molecule has 0 saturated carbocycles. The third kappa shape index (κ3) is 6.54. The van der Waals surface area contributed by atoms with Crippen LogP contribution < -0.4 is 15.2 Å². The van der Waals surface area contributed by atoms with Gasteiger partial charge in [0.1, 0.15) is 24.3 Å². The number of carbonyl (C=O) groups excluding carboxylic acids is 1. The number of hydrogen-bond donors (Lipinski definition) is 1. The van der Waals surface area contributed by atoms with Crippen LogP contribution in [0.3, 0.4) is 0 Å². The topological polar surface area (TPSA) is 110 Å². The zero-order chi connectivity index (χ0) is 35.0. The summed E-state index contributed by atoms with van der Waals surface area (Å²) in [6, 6.07) is 32.6. The van der Waals surface area contributed by atoms with E-state index in [1.165, 1.54) is 6.26 Å². The van der Waals surface area contributed by atoms with Gasteiger partial charge in [0.15, 0.2) is 21.2 Å². The third-order valence-corrected chi connectivity index (χ3v) is 10.1. The first kappa shape index (κ1) is 32.9. The van der Waals surface area contributed by atoms with Gasteiger partial charge in [0, 0.05) is 47.6 Å². The molecule has 0 saturated heterocycles. The summed E-state index contributed by atoms with van der Waals surface area (Å²) in [5, 5.41) is 10.8. The van der Waals surface area contributed by atoms with Crippen molar-refractivity contribution < 1.29 is 17.6 Å². The van der Waals surface area contributed by atoms with Gasteiger partial charge < -0.3 is 9.73 Å². The molecule has 1 aliphatic carbocycles. The molecule has 0 unspecified atom stereocenters. The number of amides is 1. The van der Waals surface area contributed by atoms with E-state index >= 15 is 0 Å². The van der Waals surface area contributed by atoms with Crippen molar-refractivity contribution in [1.82, 2.24) is 19.3 Å². The Balaban J connectivity index is 1.19. The Morgan fingerprint density at radius 2 is 1.60 bits per heavy atom. The Morgan fingerprint density at radius 1 is 0.880 bits per heavy atom. The van der Waals surface area contributed by atoms with Gasteiger partial charge in [-0.3, -0.25) is 4.79 Å². The second-order valence-electron chi connectivity index (χ2n) is 12.5. The van der Waals surface area contributed by atoms with E-state index in [4.69, 9.17) is 14.5 Å². The number of nitrogens with one attached hydrogen (secondary N) is 1. The minimum atomic E-state index is -3.34. The number of anilines is 1. The maximum absolute atomic E-state index is 13.5. The maximum atomic E-state index is 13.5. The van der Waals surface area contributed by atoms with E-state index in [1.54, 1.807) is 28.9 Å². The SMILES string of the molecule is CC[N+](CC)=c1ccc2nc3c(cc(NC(=O)CCc4cc(-c5ccc(C)cc5)n(-c5ccc(S(C)(=O)=O)cc5)n4)c4ccccc43)oc-2c1. The molecule has 0 atom stereocenters. The van der Waals surface area contributed by atoms with E-state index in [-0.39, 0.29) is 17.2 Å². The molecule has 1 aliphatic heterocycles. The first-order chi connectivity index (χ1) is 24.1. The Kier molecular flexibility index (Phi) is 8.80. The van der Waals surface area contributed by atoms with Gasteiger partial charge >= 0.3 is 0 Å². The number of hydrogen-bond acceptors (Lipinski definition) is 6. The van der Waals surface area contributed by atoms with Crippen molar-refractivity contribution in [2.45, 2.75) is 38.5 Å². The van der Waals surface area contributed by atoms with Crippen LogP contribution >= 0.6 is 0 Å². The van der Waals surface area contributed by atoms with E-state index in [9.17, 15) is 13.2 Å². The minimum absolute atomic E-state index is 0.156. The zero-order valence-corrected chi connectivity index (χ0v) is 29.3. The normalized spacial score (nSPS) is 11.8. The molecule has 9 nitrogen and oxygen atoms in total. The van der Waals surface area contributed by atoms with Gasteiger partial charge in [-0.25, -0.2) is 22.7 Å². The molecule has 252 valence electrons. The van der Waals surface area contributed by atoms with Crippen LogP contribution in [0.15, 0.2) is 112 Å². The number of aromatic nitrogens is 3. The highest BCUT2D eigenvalue weighted by atomic mass is 32.2. The second kappa shape index (κ2) is 13.4. The van der Waals surface area contributed by atoms with Crippen molar-refractivity contribution >= 4 is 43.3 Å². The number of benzene rings is 5. The molecule has 2 heterocycles. The Labute approximate surface area is 290 Å². The molecule has 1 aromatic heterocycles. The predicted octanol–water partition coefficient (Wildman–Crippen LogP) is 7.03. The van der Waals surface area contributed by atoms with Crippen molar-refractivity contribution in [3.8, 4) is 28.4 Å². The first-order valence-corrected chi connectivity index (χ1v) is 18.6. The summed E-state index contributed by atoms with van der Waals surface area (Å²) in [4.78, 5) is 18.7. The Hall–Kier alpha value is -5.61. The first-order valence-electron chi connectivity index (χ1n) is 16.7. The van der Waals surface area contributed by atoms with Crippen LogP contribution in [-0.4, -0.2) is 48.4 Å². The fourth-order valence-electron chi connectivity index (χ4n) is 6.30. The quantitative estimate of drug-likeness (QED) is 0.0993. The number of rotatable bonds is 9. The van der Waals surface area contributed by atoms with E-state index in [1.807, 2.05) is 79.7 Å². The van der Waals surface area contributed by atoms with Gasteiger partial charge in [-0.05, 0) is 57.2 Å². The standard InChI is InChI=1S/C40H37N5O4S/c1-5-44(6-2)30-18-21-34-37(24-30)49-38-25-35(32-9-7-8-10-33(32)40(38)42-34)41-39(46)22-15-28-23-36(27-13-11-26(3)12-14-27)45(43-28)29-16-19-31(20-17-29)50(4,47)48/h7-14,16-21,23-25H,5-6,15,22H2,1-4H3/p+1. The lowest BCUT2D eigenvalue weighted by molar-refractivity contribution is -0.116. The van der Waals surface area contributed by atoms with Gasteiger partial charge in [0.2, 0.25) is 11.3 Å². The van der Waals surface area contributed by atoms with Crippen molar-refractivity contribution in [3.05, 3.63) is 120 Å². The second-order valence-corrected chi connectivity index (χ2v) is 14.5. The molecule has 0 radical (unpaired) electrons. The van der Waals surface area contributed by atoms with Crippen molar-refractivity contribution in [1.29, 1.82) is 0 Å². The van der Waals surface area contributed by atoms with E-state index in [0.29, 0.717) is 23.5 Å². The van der Waals surface area contributed by atoms with Crippen molar-refractivity contribution in [3.63, 3.8) is 0 Å². The van der Waals surface area contributed by atoms with E-state index in [0.717, 1.165) is 68.6 Å². The Bertz CT molecular complexity index is 2530. The third-order valence-electron chi connectivity index (χ3n) is 9.00. The van der Waals surface area contributed by atoms with Crippen LogP contribution in [0.5, 0.6) is 0 Å². The van der Waals surface area contributed by atoms with Crippen LogP contribution in [0.4, 0.5) is 5.69 Å². The van der Waals surface area contributed by atoms with Crippen molar-refractivity contribution in [2.75, 3.05) is 24.7 Å². The molecular weight excluding hydrogens is 647 g/mol. The van der Waals surface area contributed by atoms with Crippen LogP contribution in [0, 0.1) is 6.92 Å². The molecule has 2 aliphatic rings. The fraction of sp³-hybridized carbons (Fsp3) is 0.200. The molecule has 4 aromatic carbocycles. The molecule has 0 fully saturated rings. The average molecular weight is 685 g/mol. The average Bonchev–Trinajstić information content (AvgIpc) is 3.55. The lowest BCUT2D eigenvalue weighted by Crippen LogP contribution is -2.29. The number of carbonyl (C=O) groups is 1. The molecule has 5 aromatic rings. The van der Waals surface area contributed by atoms with Gasteiger partial charge in [0.25, 0.3) is 0 Å². The van der Waals surface area contributed by atoms with Gasteiger partial charge in [0.05, 0.1) is 33.7 Å².